The quantitative estimate of drug-likeness (QED) is 0.765. The Labute approximate surface area is 139 Å². The molecule has 1 atom stereocenters. The van der Waals surface area contributed by atoms with Crippen LogP contribution in [-0.4, -0.2) is 30.7 Å². The highest BCUT2D eigenvalue weighted by Crippen LogP contribution is 2.36. The maximum absolute atomic E-state index is 12.9. The lowest BCUT2D eigenvalue weighted by Gasteiger charge is -2.14. The Morgan fingerprint density at radius 3 is 2.92 bits per heavy atom. The first-order chi connectivity index (χ1) is 11.5. The molecular formula is C16H17N3O4S. The van der Waals surface area contributed by atoms with E-state index in [2.05, 4.69) is 10.5 Å². The number of rotatable bonds is 2. The van der Waals surface area contributed by atoms with Crippen molar-refractivity contribution >= 4 is 20.9 Å². The average molecular weight is 347 g/mol. The third-order valence-electron chi connectivity index (χ3n) is 4.32. The number of aromatic nitrogens is 2. The number of nitrogens with zero attached hydrogens (tertiary/aromatic N) is 2. The minimum Gasteiger partial charge on any atom is -0.492 e. The molecule has 0 aliphatic carbocycles. The lowest BCUT2D eigenvalue weighted by Crippen LogP contribution is -2.20. The van der Waals surface area contributed by atoms with Crippen molar-refractivity contribution in [3.63, 3.8) is 0 Å². The maximum atomic E-state index is 12.9. The summed E-state index contributed by atoms with van der Waals surface area (Å²) in [5.74, 6) is 1.06. The summed E-state index contributed by atoms with van der Waals surface area (Å²) in [6, 6.07) is 5.48. The van der Waals surface area contributed by atoms with Crippen LogP contribution in [0.15, 0.2) is 40.0 Å². The summed E-state index contributed by atoms with van der Waals surface area (Å²) in [6.45, 7) is 4.96. The van der Waals surface area contributed by atoms with Crippen molar-refractivity contribution in [1.82, 2.24) is 14.4 Å². The van der Waals surface area contributed by atoms with Crippen molar-refractivity contribution in [2.24, 2.45) is 0 Å². The van der Waals surface area contributed by atoms with Crippen molar-refractivity contribution < 1.29 is 17.7 Å². The third-order valence-corrected chi connectivity index (χ3v) is 6.11. The zero-order valence-corrected chi connectivity index (χ0v) is 14.1. The molecule has 0 saturated heterocycles. The second-order valence-electron chi connectivity index (χ2n) is 5.80. The van der Waals surface area contributed by atoms with Gasteiger partial charge in [0, 0.05) is 29.7 Å². The predicted molar refractivity (Wildman–Crippen MR) is 87.7 cm³/mol. The Bertz CT molecular complexity index is 1020. The van der Waals surface area contributed by atoms with Gasteiger partial charge in [0.15, 0.2) is 10.7 Å². The number of fused-ring (bicyclic) bond motifs is 3. The molecule has 0 bridgehead atoms. The normalized spacial score (nSPS) is 18.2. The Hall–Kier alpha value is -2.32. The fourth-order valence-corrected chi connectivity index (χ4v) is 4.59. The highest BCUT2D eigenvalue weighted by Gasteiger charge is 2.26. The lowest BCUT2D eigenvalue weighted by molar-refractivity contribution is 0.325. The molecule has 4 rings (SSSR count). The average Bonchev–Trinajstić information content (AvgIpc) is 3.13. The fraction of sp³-hybridized carbons (Fsp3) is 0.312. The molecule has 0 amide bonds. The Morgan fingerprint density at radius 1 is 1.33 bits per heavy atom. The van der Waals surface area contributed by atoms with Crippen molar-refractivity contribution in [2.75, 3.05) is 13.2 Å². The SMILES string of the molecule is Cc1oncc1S(=O)(=O)n1ccc2c3c(ccc21)OCCNC3C. The van der Waals surface area contributed by atoms with Crippen LogP contribution in [-0.2, 0) is 10.0 Å². The van der Waals surface area contributed by atoms with E-state index in [9.17, 15) is 8.42 Å². The molecule has 0 radical (unpaired) electrons. The molecule has 0 saturated carbocycles. The van der Waals surface area contributed by atoms with E-state index in [-0.39, 0.29) is 16.7 Å². The largest absolute Gasteiger partial charge is 0.492 e. The standard InChI is InChI=1S/C16H17N3O4S/c1-10-16-12-5-7-19(24(20,21)15-9-18-23-11(15)2)13(12)3-4-14(16)22-8-6-17-10/h3-5,7,9-10,17H,6,8H2,1-2H3. The minimum atomic E-state index is -3.76. The lowest BCUT2D eigenvalue weighted by atomic mass is 10.0. The predicted octanol–water partition coefficient (Wildman–Crippen LogP) is 2.22. The molecule has 2 aromatic heterocycles. The second kappa shape index (κ2) is 5.35. The van der Waals surface area contributed by atoms with E-state index in [0.717, 1.165) is 23.2 Å². The topological polar surface area (TPSA) is 86.4 Å². The van der Waals surface area contributed by atoms with Crippen LogP contribution >= 0.6 is 0 Å². The minimum absolute atomic E-state index is 0.0670. The van der Waals surface area contributed by atoms with Gasteiger partial charge in [0.25, 0.3) is 10.0 Å². The van der Waals surface area contributed by atoms with Gasteiger partial charge in [-0.1, -0.05) is 5.16 Å². The van der Waals surface area contributed by atoms with Gasteiger partial charge in [-0.25, -0.2) is 12.4 Å². The first kappa shape index (κ1) is 15.2. The van der Waals surface area contributed by atoms with Gasteiger partial charge >= 0.3 is 0 Å². The van der Waals surface area contributed by atoms with Crippen LogP contribution < -0.4 is 10.1 Å². The van der Waals surface area contributed by atoms with Crippen molar-refractivity contribution in [3.8, 4) is 5.75 Å². The summed E-state index contributed by atoms with van der Waals surface area (Å²) in [4.78, 5) is 0.0670. The number of ether oxygens (including phenoxy) is 1. The van der Waals surface area contributed by atoms with E-state index in [0.29, 0.717) is 12.1 Å². The Kier molecular flexibility index (Phi) is 3.40. The molecule has 1 N–H and O–H groups in total. The monoisotopic (exact) mass is 347 g/mol. The summed E-state index contributed by atoms with van der Waals surface area (Å²) in [5, 5.41) is 7.80. The number of hydrogen-bond donors (Lipinski definition) is 1. The molecule has 24 heavy (non-hydrogen) atoms. The Morgan fingerprint density at radius 2 is 2.17 bits per heavy atom. The number of nitrogens with one attached hydrogen (secondary N) is 1. The van der Waals surface area contributed by atoms with Crippen molar-refractivity contribution in [1.29, 1.82) is 0 Å². The van der Waals surface area contributed by atoms with Gasteiger partial charge in [0.05, 0.1) is 11.7 Å². The zero-order valence-electron chi connectivity index (χ0n) is 13.3. The zero-order chi connectivity index (χ0) is 16.9. The molecule has 3 aromatic rings. The molecule has 0 spiro atoms. The molecule has 3 heterocycles. The number of benzene rings is 1. The van der Waals surface area contributed by atoms with Gasteiger partial charge in [0.2, 0.25) is 0 Å². The van der Waals surface area contributed by atoms with E-state index >= 15 is 0 Å². The molecule has 7 nitrogen and oxygen atoms in total. The maximum Gasteiger partial charge on any atom is 0.273 e. The van der Waals surface area contributed by atoms with Gasteiger partial charge in [-0.3, -0.25) is 0 Å². The van der Waals surface area contributed by atoms with Crippen LogP contribution in [0.1, 0.15) is 24.3 Å². The van der Waals surface area contributed by atoms with Crippen LogP contribution in [0.5, 0.6) is 5.75 Å². The molecule has 1 aromatic carbocycles. The molecule has 1 aliphatic heterocycles. The number of hydrogen-bond acceptors (Lipinski definition) is 6. The van der Waals surface area contributed by atoms with Crippen LogP contribution in [0.4, 0.5) is 0 Å². The van der Waals surface area contributed by atoms with E-state index < -0.39 is 10.0 Å². The van der Waals surface area contributed by atoms with Crippen LogP contribution in [0.25, 0.3) is 10.9 Å². The first-order valence-electron chi connectivity index (χ1n) is 7.67. The molecule has 0 fully saturated rings. The molecule has 126 valence electrons. The second-order valence-corrected chi connectivity index (χ2v) is 7.58. The van der Waals surface area contributed by atoms with E-state index in [1.165, 1.54) is 10.2 Å². The van der Waals surface area contributed by atoms with Gasteiger partial charge in [-0.2, -0.15) is 0 Å². The van der Waals surface area contributed by atoms with E-state index in [1.807, 2.05) is 13.0 Å². The van der Waals surface area contributed by atoms with Crippen molar-refractivity contribution in [2.45, 2.75) is 24.8 Å². The molecule has 1 aliphatic rings. The van der Waals surface area contributed by atoms with Crippen molar-refractivity contribution in [3.05, 3.63) is 41.9 Å². The molecule has 1 unspecified atom stereocenters. The van der Waals surface area contributed by atoms with Gasteiger partial charge in [-0.05, 0) is 32.0 Å². The fourth-order valence-electron chi connectivity index (χ4n) is 3.16. The Balaban J connectivity index is 1.96. The van der Waals surface area contributed by atoms with Crippen LogP contribution in [0, 0.1) is 6.92 Å². The summed E-state index contributed by atoms with van der Waals surface area (Å²) in [7, 11) is -3.76. The van der Waals surface area contributed by atoms with Gasteiger partial charge < -0.3 is 14.6 Å². The smallest absolute Gasteiger partial charge is 0.273 e. The van der Waals surface area contributed by atoms with Gasteiger partial charge in [0.1, 0.15) is 12.4 Å². The third kappa shape index (κ3) is 2.14. The highest BCUT2D eigenvalue weighted by atomic mass is 32.2. The van der Waals surface area contributed by atoms with Crippen LogP contribution in [0.2, 0.25) is 0 Å². The molecule has 8 heteroatoms. The van der Waals surface area contributed by atoms with E-state index in [4.69, 9.17) is 9.26 Å². The first-order valence-corrected chi connectivity index (χ1v) is 9.11. The summed E-state index contributed by atoms with van der Waals surface area (Å²) >= 11 is 0. The summed E-state index contributed by atoms with van der Waals surface area (Å²) < 4.78 is 37.8. The van der Waals surface area contributed by atoms with Gasteiger partial charge in [-0.15, -0.1) is 0 Å². The summed E-state index contributed by atoms with van der Waals surface area (Å²) in [6.07, 6.45) is 2.79. The highest BCUT2D eigenvalue weighted by molar-refractivity contribution is 7.90. The van der Waals surface area contributed by atoms with Crippen LogP contribution in [0.3, 0.4) is 0 Å². The number of aryl methyl sites for hydroxylation is 1. The summed E-state index contributed by atoms with van der Waals surface area (Å²) in [5.41, 5.74) is 1.58. The van der Waals surface area contributed by atoms with E-state index in [1.54, 1.807) is 25.3 Å². The molecular weight excluding hydrogens is 330 g/mol.